The molecule has 2 unspecified atom stereocenters. The number of fused-ring (bicyclic) bond motifs is 1. The zero-order valence-corrected chi connectivity index (χ0v) is 11.5. The summed E-state index contributed by atoms with van der Waals surface area (Å²) >= 11 is 0. The van der Waals surface area contributed by atoms with Crippen LogP contribution in [0.25, 0.3) is 0 Å². The van der Waals surface area contributed by atoms with E-state index in [-0.39, 0.29) is 0 Å². The van der Waals surface area contributed by atoms with Gasteiger partial charge < -0.3 is 4.90 Å². The highest BCUT2D eigenvalue weighted by Gasteiger charge is 2.29. The van der Waals surface area contributed by atoms with Crippen molar-refractivity contribution in [2.45, 2.75) is 19.9 Å². The predicted octanol–water partition coefficient (Wildman–Crippen LogP) is 4.27. The Morgan fingerprint density at radius 3 is 2.53 bits per heavy atom. The molecule has 19 heavy (non-hydrogen) atoms. The van der Waals surface area contributed by atoms with E-state index >= 15 is 0 Å². The quantitative estimate of drug-likeness (QED) is 0.670. The van der Waals surface area contributed by atoms with E-state index in [1.165, 1.54) is 16.8 Å². The fourth-order valence-corrected chi connectivity index (χ4v) is 2.73. The highest BCUT2D eigenvalue weighted by molar-refractivity contribution is 5.41. The molecule has 0 saturated carbocycles. The summed E-state index contributed by atoms with van der Waals surface area (Å²) in [6.45, 7) is 4.39. The van der Waals surface area contributed by atoms with Crippen molar-refractivity contribution < 1.29 is 0 Å². The van der Waals surface area contributed by atoms with Crippen LogP contribution in [0.4, 0.5) is 0 Å². The molecule has 0 saturated heterocycles. The average Bonchev–Trinajstić information content (AvgIpc) is 2.73. The summed E-state index contributed by atoms with van der Waals surface area (Å²) in [5.41, 5.74) is 4.03. The van der Waals surface area contributed by atoms with E-state index in [0.717, 1.165) is 0 Å². The molecule has 0 aromatic rings. The van der Waals surface area contributed by atoms with Crippen LogP contribution in [-0.2, 0) is 0 Å². The maximum atomic E-state index is 2.38. The lowest BCUT2D eigenvalue weighted by atomic mass is 9.89. The standard InChI is InChI=1S/C18H19N/c1-14-12-16-10-11-19(18(16)13-15(14)2)17-8-6-4-3-5-7-9-17/h3-13,16,18H,1-2H3/b4-3+,5-3?,6-4?,7-5+,8-6?,9-7?,17-8?,17-9?. The van der Waals surface area contributed by atoms with Crippen LogP contribution in [0, 0.1) is 5.92 Å². The van der Waals surface area contributed by atoms with Crippen molar-refractivity contribution in [3.05, 3.63) is 83.8 Å². The smallest absolute Gasteiger partial charge is 0.0620 e. The lowest BCUT2D eigenvalue weighted by Crippen LogP contribution is -2.30. The van der Waals surface area contributed by atoms with Crippen LogP contribution in [0.3, 0.4) is 0 Å². The molecule has 1 nitrogen and oxygen atoms in total. The number of hydrogen-bond acceptors (Lipinski definition) is 1. The van der Waals surface area contributed by atoms with Crippen LogP contribution in [0.1, 0.15) is 13.8 Å². The van der Waals surface area contributed by atoms with Gasteiger partial charge in [0.1, 0.15) is 0 Å². The molecule has 0 bridgehead atoms. The number of hydrogen-bond donors (Lipinski definition) is 0. The third-order valence-electron chi connectivity index (χ3n) is 3.95. The Kier molecular flexibility index (Phi) is 3.12. The first kappa shape index (κ1) is 12.0. The van der Waals surface area contributed by atoms with E-state index in [1.807, 2.05) is 6.08 Å². The van der Waals surface area contributed by atoms with Crippen LogP contribution in [0.2, 0.25) is 0 Å². The summed E-state index contributed by atoms with van der Waals surface area (Å²) in [7, 11) is 0. The van der Waals surface area contributed by atoms with Gasteiger partial charge in [-0.1, -0.05) is 59.8 Å². The first-order valence-corrected chi connectivity index (χ1v) is 6.81. The van der Waals surface area contributed by atoms with Crippen LogP contribution in [0.5, 0.6) is 0 Å². The monoisotopic (exact) mass is 249 g/mol. The summed E-state index contributed by atoms with van der Waals surface area (Å²) in [6.07, 6.45) is 24.0. The number of nitrogens with zero attached hydrogens (tertiary/aromatic N) is 1. The first-order valence-electron chi connectivity index (χ1n) is 6.81. The Labute approximate surface area is 115 Å². The molecule has 0 spiro atoms. The highest BCUT2D eigenvalue weighted by atomic mass is 15.2. The topological polar surface area (TPSA) is 3.24 Å². The van der Waals surface area contributed by atoms with E-state index in [0.29, 0.717) is 12.0 Å². The molecule has 2 atom stereocenters. The molecule has 1 heterocycles. The number of rotatable bonds is 1. The molecule has 1 heteroatoms. The van der Waals surface area contributed by atoms with E-state index in [2.05, 4.69) is 79.6 Å². The number of allylic oxidation sites excluding steroid dienone is 9. The van der Waals surface area contributed by atoms with E-state index in [4.69, 9.17) is 0 Å². The molecule has 1 aliphatic heterocycles. The Hall–Kier alpha value is -2.02. The van der Waals surface area contributed by atoms with Gasteiger partial charge in [-0.3, -0.25) is 0 Å². The van der Waals surface area contributed by atoms with E-state index < -0.39 is 0 Å². The molecule has 0 fully saturated rings. The minimum atomic E-state index is 0.427. The molecule has 0 radical (unpaired) electrons. The van der Waals surface area contributed by atoms with Crippen molar-refractivity contribution in [1.29, 1.82) is 0 Å². The molecule has 0 N–H and O–H groups in total. The molecule has 3 aliphatic rings. The van der Waals surface area contributed by atoms with Gasteiger partial charge in [0.25, 0.3) is 0 Å². The summed E-state index contributed by atoms with van der Waals surface area (Å²) in [5, 5.41) is 0. The molecule has 96 valence electrons. The largest absolute Gasteiger partial charge is 0.340 e. The van der Waals surface area contributed by atoms with Crippen molar-refractivity contribution in [2.24, 2.45) is 5.92 Å². The van der Waals surface area contributed by atoms with Crippen molar-refractivity contribution in [1.82, 2.24) is 4.90 Å². The van der Waals surface area contributed by atoms with Crippen LogP contribution in [-0.4, -0.2) is 10.9 Å². The van der Waals surface area contributed by atoms with Gasteiger partial charge in [-0.2, -0.15) is 0 Å². The zero-order valence-electron chi connectivity index (χ0n) is 11.5. The summed E-state index contributed by atoms with van der Waals surface area (Å²) in [6, 6.07) is 0.427. The molecule has 0 amide bonds. The van der Waals surface area contributed by atoms with Gasteiger partial charge in [0.05, 0.1) is 6.04 Å². The first-order chi connectivity index (χ1) is 9.25. The Bertz CT molecular complexity index is 579. The predicted molar refractivity (Wildman–Crippen MR) is 81.3 cm³/mol. The van der Waals surface area contributed by atoms with E-state index in [9.17, 15) is 0 Å². The van der Waals surface area contributed by atoms with Gasteiger partial charge in [-0.15, -0.1) is 0 Å². The molecule has 0 aromatic heterocycles. The maximum Gasteiger partial charge on any atom is 0.0620 e. The van der Waals surface area contributed by atoms with Gasteiger partial charge in [-0.25, -0.2) is 0 Å². The molecular formula is C18H19N. The normalized spacial score (nSPS) is 31.9. The summed E-state index contributed by atoms with van der Waals surface area (Å²) in [4.78, 5) is 2.36. The third kappa shape index (κ3) is 2.28. The SMILES string of the molecule is CC1=CC2C=CN(C3=C/C=C/C=C/C=C3)C2C=C1C. The van der Waals surface area contributed by atoms with Crippen LogP contribution < -0.4 is 0 Å². The van der Waals surface area contributed by atoms with E-state index in [1.54, 1.807) is 0 Å². The molecular weight excluding hydrogens is 230 g/mol. The van der Waals surface area contributed by atoms with Gasteiger partial charge in [0.2, 0.25) is 0 Å². The lowest BCUT2D eigenvalue weighted by molar-refractivity contribution is 0.395. The van der Waals surface area contributed by atoms with Crippen molar-refractivity contribution in [3.63, 3.8) is 0 Å². The maximum absolute atomic E-state index is 2.38. The Morgan fingerprint density at radius 2 is 1.63 bits per heavy atom. The van der Waals surface area contributed by atoms with Crippen molar-refractivity contribution in [3.8, 4) is 0 Å². The second-order valence-corrected chi connectivity index (χ2v) is 5.24. The minimum Gasteiger partial charge on any atom is -0.340 e. The summed E-state index contributed by atoms with van der Waals surface area (Å²) < 4.78 is 0. The fourth-order valence-electron chi connectivity index (χ4n) is 2.73. The molecule has 3 rings (SSSR count). The molecule has 0 aromatic carbocycles. The Morgan fingerprint density at radius 1 is 0.895 bits per heavy atom. The fraction of sp³-hybridized carbons (Fsp3) is 0.222. The third-order valence-corrected chi connectivity index (χ3v) is 3.95. The van der Waals surface area contributed by atoms with Crippen LogP contribution in [0.15, 0.2) is 83.8 Å². The second kappa shape index (κ2) is 4.93. The highest BCUT2D eigenvalue weighted by Crippen LogP contribution is 2.34. The van der Waals surface area contributed by atoms with Crippen molar-refractivity contribution in [2.75, 3.05) is 0 Å². The zero-order chi connectivity index (χ0) is 13.2. The van der Waals surface area contributed by atoms with Gasteiger partial charge in [0.15, 0.2) is 0 Å². The van der Waals surface area contributed by atoms with Gasteiger partial charge in [0, 0.05) is 17.8 Å². The van der Waals surface area contributed by atoms with Crippen molar-refractivity contribution >= 4 is 0 Å². The minimum absolute atomic E-state index is 0.427. The second-order valence-electron chi connectivity index (χ2n) is 5.24. The van der Waals surface area contributed by atoms with Crippen LogP contribution >= 0.6 is 0 Å². The molecule has 2 aliphatic carbocycles. The summed E-state index contributed by atoms with van der Waals surface area (Å²) in [5.74, 6) is 0.503. The average molecular weight is 249 g/mol. The van der Waals surface area contributed by atoms with Gasteiger partial charge >= 0.3 is 0 Å². The van der Waals surface area contributed by atoms with Gasteiger partial charge in [-0.05, 0) is 26.0 Å². The Balaban J connectivity index is 1.90. The lowest BCUT2D eigenvalue weighted by Gasteiger charge is -2.30.